The molecule has 226 valence electrons. The third-order valence-electron chi connectivity index (χ3n) is 7.68. The Morgan fingerprint density at radius 1 is 0.698 bits per heavy atom. The van der Waals surface area contributed by atoms with Gasteiger partial charge in [-0.05, 0) is 86.6 Å². The molecule has 0 saturated carbocycles. The van der Waals surface area contributed by atoms with E-state index in [4.69, 9.17) is 0 Å². The van der Waals surface area contributed by atoms with Gasteiger partial charge in [-0.25, -0.2) is 0 Å². The van der Waals surface area contributed by atoms with Crippen molar-refractivity contribution in [1.82, 2.24) is 0 Å². The Morgan fingerprint density at radius 3 is 2.09 bits per heavy atom. The molecule has 2 aromatic carbocycles. The molecule has 5 heteroatoms. The number of quaternary nitrogens is 1. The van der Waals surface area contributed by atoms with E-state index in [1.165, 1.54) is 102 Å². The summed E-state index contributed by atoms with van der Waals surface area (Å²) in [4.78, 5) is 2.49. The Labute approximate surface area is 273 Å². The highest BCUT2D eigenvalue weighted by Gasteiger charge is 2.13. The molecule has 0 radical (unpaired) electrons. The van der Waals surface area contributed by atoms with Crippen LogP contribution >= 0.6 is 34.2 Å². The Morgan fingerprint density at radius 2 is 1.35 bits per heavy atom. The fraction of sp³-hybridized carbons (Fsp3) is 0.342. The summed E-state index contributed by atoms with van der Waals surface area (Å²) in [6.07, 6.45) is 28.3. The highest BCUT2D eigenvalue weighted by molar-refractivity contribution is 8.76. The summed E-state index contributed by atoms with van der Waals surface area (Å²) >= 11 is 4.38. The number of pyridine rings is 1. The van der Waals surface area contributed by atoms with Gasteiger partial charge in [-0.2, -0.15) is 4.57 Å². The SMILES string of the molecule is Cc1ccc(/C=C/C2=CC=C[NH+]2CCCCCCSSCCCCCC[n+]2ccccc2/C=C/c2ccc(S)cc2)cc1. The number of nitrogens with one attached hydrogen (secondary N) is 1. The van der Waals surface area contributed by atoms with Crippen LogP contribution in [0.4, 0.5) is 0 Å². The Balaban J connectivity index is 0.971. The van der Waals surface area contributed by atoms with E-state index in [1.807, 2.05) is 12.1 Å². The van der Waals surface area contributed by atoms with Gasteiger partial charge in [-0.15, -0.1) is 12.6 Å². The van der Waals surface area contributed by atoms with Crippen molar-refractivity contribution in [2.45, 2.75) is 69.7 Å². The van der Waals surface area contributed by atoms with Crippen molar-refractivity contribution in [3.05, 3.63) is 125 Å². The molecule has 2 nitrogen and oxygen atoms in total. The molecule has 0 bridgehead atoms. The molecule has 0 amide bonds. The summed E-state index contributed by atoms with van der Waals surface area (Å²) in [7, 11) is 4.15. The molecule has 0 aliphatic carbocycles. The van der Waals surface area contributed by atoms with Gasteiger partial charge < -0.3 is 0 Å². The van der Waals surface area contributed by atoms with Gasteiger partial charge in [0.05, 0.1) is 12.7 Å². The van der Waals surface area contributed by atoms with Gasteiger partial charge >= 0.3 is 0 Å². The largest absolute Gasteiger partial charge is 0.276 e. The molecule has 2 heterocycles. The van der Waals surface area contributed by atoms with Crippen LogP contribution in [0.5, 0.6) is 0 Å². The first-order valence-electron chi connectivity index (χ1n) is 15.9. The number of aromatic nitrogens is 1. The zero-order valence-corrected chi connectivity index (χ0v) is 28.2. The molecule has 1 N–H and O–H groups in total. The lowest BCUT2D eigenvalue weighted by molar-refractivity contribution is -0.799. The first-order chi connectivity index (χ1) is 21.2. The first kappa shape index (κ1) is 33.5. The lowest BCUT2D eigenvalue weighted by Gasteiger charge is -2.12. The highest BCUT2D eigenvalue weighted by Crippen LogP contribution is 2.24. The van der Waals surface area contributed by atoms with E-state index in [1.54, 1.807) is 0 Å². The zero-order valence-electron chi connectivity index (χ0n) is 25.7. The van der Waals surface area contributed by atoms with Crippen LogP contribution in [0.1, 0.15) is 73.8 Å². The molecule has 1 aliphatic rings. The van der Waals surface area contributed by atoms with Gasteiger partial charge in [-0.1, -0.05) is 76.4 Å². The minimum Gasteiger partial charge on any atom is -0.276 e. The normalized spacial score (nSPS) is 14.7. The molecule has 1 aromatic heterocycles. The summed E-state index contributed by atoms with van der Waals surface area (Å²) in [5.41, 5.74) is 6.41. The number of hydrogen-bond acceptors (Lipinski definition) is 3. The Hall–Kier alpha value is -2.44. The highest BCUT2D eigenvalue weighted by atomic mass is 33.1. The zero-order chi connectivity index (χ0) is 30.0. The third-order valence-corrected chi connectivity index (χ3v) is 10.6. The van der Waals surface area contributed by atoms with Gasteiger partial charge in [0.15, 0.2) is 6.20 Å². The van der Waals surface area contributed by atoms with Gasteiger partial charge in [0, 0.05) is 53.2 Å². The molecule has 0 spiro atoms. The van der Waals surface area contributed by atoms with Crippen LogP contribution in [0.25, 0.3) is 18.2 Å². The summed E-state index contributed by atoms with van der Waals surface area (Å²) < 4.78 is 2.37. The molecule has 4 rings (SSSR count). The third kappa shape index (κ3) is 13.0. The van der Waals surface area contributed by atoms with Gasteiger partial charge in [-0.3, -0.25) is 4.90 Å². The number of aryl methyl sites for hydroxylation is 2. The van der Waals surface area contributed by atoms with E-state index in [0.29, 0.717) is 0 Å². The van der Waals surface area contributed by atoms with Crippen LogP contribution in [-0.4, -0.2) is 18.1 Å². The maximum atomic E-state index is 4.38. The maximum absolute atomic E-state index is 4.38. The molecular formula is C38H48N2S3+2. The number of thiol groups is 1. The molecule has 0 fully saturated rings. The van der Waals surface area contributed by atoms with Crippen LogP contribution in [0.2, 0.25) is 0 Å². The van der Waals surface area contributed by atoms with E-state index in [0.717, 1.165) is 11.4 Å². The van der Waals surface area contributed by atoms with Crippen molar-refractivity contribution < 1.29 is 9.47 Å². The molecule has 1 aliphatic heterocycles. The molecular weight excluding hydrogens is 581 g/mol. The predicted molar refractivity (Wildman–Crippen MR) is 194 cm³/mol. The fourth-order valence-corrected chi connectivity index (χ4v) is 7.52. The lowest BCUT2D eigenvalue weighted by Crippen LogP contribution is -3.04. The number of nitrogens with zero attached hydrogens (tertiary/aromatic N) is 1. The van der Waals surface area contributed by atoms with Crippen molar-refractivity contribution >= 4 is 52.4 Å². The average molecular weight is 629 g/mol. The van der Waals surface area contributed by atoms with Gasteiger partial charge in [0.25, 0.3) is 0 Å². The monoisotopic (exact) mass is 628 g/mol. The van der Waals surface area contributed by atoms with Crippen LogP contribution < -0.4 is 9.47 Å². The van der Waals surface area contributed by atoms with E-state index >= 15 is 0 Å². The fourth-order valence-electron chi connectivity index (χ4n) is 5.08. The second kappa shape index (κ2) is 19.8. The summed E-state index contributed by atoms with van der Waals surface area (Å²) in [6.45, 7) is 4.40. The number of allylic oxidation sites excluding steroid dienone is 3. The van der Waals surface area contributed by atoms with E-state index in [-0.39, 0.29) is 0 Å². The molecule has 3 aromatic rings. The van der Waals surface area contributed by atoms with Crippen LogP contribution in [0, 0.1) is 6.92 Å². The summed E-state index contributed by atoms with van der Waals surface area (Å²) in [5.74, 6) is 2.56. The van der Waals surface area contributed by atoms with E-state index in [9.17, 15) is 0 Å². The van der Waals surface area contributed by atoms with E-state index < -0.39 is 0 Å². The van der Waals surface area contributed by atoms with Crippen molar-refractivity contribution in [2.24, 2.45) is 0 Å². The van der Waals surface area contributed by atoms with Crippen molar-refractivity contribution in [2.75, 3.05) is 18.1 Å². The van der Waals surface area contributed by atoms with Crippen LogP contribution in [-0.2, 0) is 6.54 Å². The van der Waals surface area contributed by atoms with Gasteiger partial charge in [0.2, 0.25) is 5.69 Å². The van der Waals surface area contributed by atoms with Crippen molar-refractivity contribution in [1.29, 1.82) is 0 Å². The lowest BCUT2D eigenvalue weighted by atomic mass is 10.1. The molecule has 0 saturated heterocycles. The Bertz CT molecular complexity index is 1340. The number of hydrogen-bond donors (Lipinski definition) is 2. The summed E-state index contributed by atoms with van der Waals surface area (Å²) in [6, 6.07) is 23.5. The Kier molecular flexibility index (Phi) is 15.4. The van der Waals surface area contributed by atoms with E-state index in [2.05, 4.69) is 149 Å². The summed E-state index contributed by atoms with van der Waals surface area (Å²) in [5, 5.41) is 0. The second-order valence-electron chi connectivity index (χ2n) is 11.2. The number of unbranched alkanes of at least 4 members (excludes halogenated alkanes) is 6. The minimum atomic E-state index is 0.997. The van der Waals surface area contributed by atoms with Crippen molar-refractivity contribution in [3.8, 4) is 0 Å². The standard InChI is InChI=1S/C38H46N2S3/c1-33-15-17-34(18-16-33)19-24-37-14-12-30-40(37)28-8-3-5-11-32-43-42-31-10-4-2-7-27-39-29-9-6-13-36(39)23-20-35-21-25-38(41)26-22-35/h6,9,12-26,29-30H,2-5,7-8,10-11,27-28,31-32H2,1H3/p+2/b24-19+. The smallest absolute Gasteiger partial charge is 0.205 e. The number of benzene rings is 2. The number of rotatable bonds is 19. The quantitative estimate of drug-likeness (QED) is 0.0592. The van der Waals surface area contributed by atoms with Crippen LogP contribution in [0.15, 0.2) is 108 Å². The van der Waals surface area contributed by atoms with Crippen LogP contribution in [0.3, 0.4) is 0 Å². The second-order valence-corrected chi connectivity index (χ2v) is 14.4. The minimum absolute atomic E-state index is 0.997. The topological polar surface area (TPSA) is 8.32 Å². The molecule has 1 unspecified atom stereocenters. The van der Waals surface area contributed by atoms with Crippen molar-refractivity contribution in [3.63, 3.8) is 0 Å². The van der Waals surface area contributed by atoms with Gasteiger partial charge in [0.1, 0.15) is 12.2 Å². The first-order valence-corrected chi connectivity index (χ1v) is 18.8. The maximum Gasteiger partial charge on any atom is 0.205 e. The molecule has 1 atom stereocenters. The average Bonchev–Trinajstić information content (AvgIpc) is 3.48. The molecule has 43 heavy (non-hydrogen) atoms. The predicted octanol–water partition coefficient (Wildman–Crippen LogP) is 9.25.